The van der Waals surface area contributed by atoms with Crippen LogP contribution in [0.3, 0.4) is 0 Å². The highest BCUT2D eigenvalue weighted by Gasteiger charge is 2.25. The van der Waals surface area contributed by atoms with Crippen LogP contribution in [0.4, 0.5) is 0 Å². The maximum Gasteiger partial charge on any atom is 0.341 e. The van der Waals surface area contributed by atoms with Crippen LogP contribution in [0, 0.1) is 6.92 Å². The molecule has 152 valence electrons. The minimum Gasteiger partial charge on any atom is -0.496 e. The Hall–Kier alpha value is -3.87. The van der Waals surface area contributed by atoms with E-state index >= 15 is 0 Å². The van der Waals surface area contributed by atoms with E-state index in [0.29, 0.717) is 23.5 Å². The maximum atomic E-state index is 13.1. The van der Waals surface area contributed by atoms with E-state index in [2.05, 4.69) is 5.10 Å². The minimum absolute atomic E-state index is 0.230. The van der Waals surface area contributed by atoms with Crippen molar-refractivity contribution < 1.29 is 14.3 Å². The van der Waals surface area contributed by atoms with Gasteiger partial charge in [-0.3, -0.25) is 4.79 Å². The predicted octanol–water partition coefficient (Wildman–Crippen LogP) is 3.29. The first-order valence-electron chi connectivity index (χ1n) is 9.42. The lowest BCUT2D eigenvalue weighted by Gasteiger charge is -2.13. The van der Waals surface area contributed by atoms with Gasteiger partial charge >= 0.3 is 5.97 Å². The second kappa shape index (κ2) is 7.87. The molecule has 0 saturated carbocycles. The molecule has 4 rings (SSSR count). The zero-order chi connectivity index (χ0) is 21.3. The molecule has 0 atom stereocenters. The minimum atomic E-state index is -0.553. The molecule has 7 heteroatoms. The highest BCUT2D eigenvalue weighted by Crippen LogP contribution is 2.25. The average molecular weight is 403 g/mol. The van der Waals surface area contributed by atoms with E-state index in [0.717, 1.165) is 16.9 Å². The molecule has 0 N–H and O–H groups in total. The second-order valence-corrected chi connectivity index (χ2v) is 6.97. The molecule has 0 amide bonds. The summed E-state index contributed by atoms with van der Waals surface area (Å²) in [6.07, 6.45) is 3.35. The third-order valence-electron chi connectivity index (χ3n) is 4.92. The molecule has 0 unspecified atom stereocenters. The summed E-state index contributed by atoms with van der Waals surface area (Å²) in [5, 5.41) is 4.44. The van der Waals surface area contributed by atoms with Crippen LogP contribution in [0.25, 0.3) is 16.9 Å². The molecule has 30 heavy (non-hydrogen) atoms. The molecular formula is C23H21N3O4. The predicted molar refractivity (Wildman–Crippen MR) is 113 cm³/mol. The number of esters is 1. The van der Waals surface area contributed by atoms with Crippen molar-refractivity contribution in [1.29, 1.82) is 0 Å². The number of ether oxygens (including phenoxy) is 2. The molecule has 0 fully saturated rings. The quantitative estimate of drug-likeness (QED) is 0.478. The van der Waals surface area contributed by atoms with E-state index in [-0.39, 0.29) is 11.1 Å². The lowest BCUT2D eigenvalue weighted by molar-refractivity contribution is 0.0600. The van der Waals surface area contributed by atoms with Gasteiger partial charge in [-0.1, -0.05) is 30.3 Å². The Bertz CT molecular complexity index is 1260. The van der Waals surface area contributed by atoms with Crippen molar-refractivity contribution in [1.82, 2.24) is 14.3 Å². The lowest BCUT2D eigenvalue weighted by Crippen LogP contribution is -2.16. The van der Waals surface area contributed by atoms with Crippen molar-refractivity contribution in [3.63, 3.8) is 0 Å². The standard InChI is InChI=1S/C23H21N3O4/c1-15-7-6-9-17(11-15)26-22(27)18-13-25(12-16-8-4-5-10-20(16)29-2)14-19(21(18)24-26)23(28)30-3/h4-11,13-14H,12H2,1-3H3. The number of hydrogen-bond acceptors (Lipinski definition) is 5. The number of methoxy groups -OCH3 is 2. The molecule has 0 radical (unpaired) electrons. The van der Waals surface area contributed by atoms with Gasteiger partial charge in [-0.25, -0.2) is 4.79 Å². The Morgan fingerprint density at radius 2 is 1.87 bits per heavy atom. The van der Waals surface area contributed by atoms with Crippen molar-refractivity contribution >= 4 is 5.97 Å². The summed E-state index contributed by atoms with van der Waals surface area (Å²) in [4.78, 5) is 25.6. The summed E-state index contributed by atoms with van der Waals surface area (Å²) in [5.41, 5.74) is 3.15. The van der Waals surface area contributed by atoms with Crippen LogP contribution in [-0.2, 0) is 11.3 Å². The van der Waals surface area contributed by atoms with Crippen molar-refractivity contribution in [2.24, 2.45) is 0 Å². The Morgan fingerprint density at radius 3 is 2.60 bits per heavy atom. The van der Waals surface area contributed by atoms with Crippen LogP contribution < -0.4 is 10.3 Å². The number of rotatable bonds is 5. The molecule has 0 bridgehead atoms. The molecule has 0 aromatic heterocycles. The van der Waals surface area contributed by atoms with Gasteiger partial charge in [0.15, 0.2) is 0 Å². The number of carbonyl (C=O) groups is 1. The molecule has 7 nitrogen and oxygen atoms in total. The highest BCUT2D eigenvalue weighted by atomic mass is 16.5. The zero-order valence-corrected chi connectivity index (χ0v) is 17.0. The first-order chi connectivity index (χ1) is 14.5. The number of aromatic nitrogens is 3. The number of hydrogen-bond donors (Lipinski definition) is 0. The summed E-state index contributed by atoms with van der Waals surface area (Å²) < 4.78 is 13.4. The number of aryl methyl sites for hydroxylation is 1. The van der Waals surface area contributed by atoms with E-state index in [1.54, 1.807) is 30.1 Å². The Labute approximate surface area is 173 Å². The number of nitrogens with zero attached hydrogens (tertiary/aromatic N) is 3. The monoisotopic (exact) mass is 403 g/mol. The summed E-state index contributed by atoms with van der Waals surface area (Å²) >= 11 is 0. The van der Waals surface area contributed by atoms with E-state index < -0.39 is 5.97 Å². The van der Waals surface area contributed by atoms with Crippen LogP contribution in [-0.4, -0.2) is 34.5 Å². The van der Waals surface area contributed by atoms with Gasteiger partial charge in [0.2, 0.25) is 0 Å². The van der Waals surface area contributed by atoms with Gasteiger partial charge in [0.05, 0.1) is 32.0 Å². The number of para-hydroxylation sites is 1. The van der Waals surface area contributed by atoms with E-state index in [9.17, 15) is 9.59 Å². The maximum absolute atomic E-state index is 13.1. The van der Waals surface area contributed by atoms with Crippen LogP contribution in [0.5, 0.6) is 5.75 Å². The highest BCUT2D eigenvalue weighted by molar-refractivity contribution is 5.96. The smallest absolute Gasteiger partial charge is 0.341 e. The van der Waals surface area contributed by atoms with Gasteiger partial charge in [0.1, 0.15) is 17.0 Å². The fourth-order valence-corrected chi connectivity index (χ4v) is 3.48. The largest absolute Gasteiger partial charge is 0.496 e. The third-order valence-corrected chi connectivity index (χ3v) is 4.92. The van der Waals surface area contributed by atoms with Crippen LogP contribution in [0.15, 0.2) is 65.7 Å². The van der Waals surface area contributed by atoms with Crippen LogP contribution >= 0.6 is 0 Å². The number of fused-ring (bicyclic) bond motifs is 1. The molecule has 0 aliphatic carbocycles. The number of benzene rings is 2. The topological polar surface area (TPSA) is 75.3 Å². The van der Waals surface area contributed by atoms with Gasteiger partial charge in [-0.05, 0) is 30.7 Å². The number of pyridine rings is 1. The van der Waals surface area contributed by atoms with Gasteiger partial charge in [0, 0.05) is 18.0 Å². The van der Waals surface area contributed by atoms with Crippen LogP contribution in [0.2, 0.25) is 0 Å². The molecule has 2 aromatic carbocycles. The van der Waals surface area contributed by atoms with Crippen molar-refractivity contribution in [2.75, 3.05) is 14.2 Å². The molecule has 2 heterocycles. The van der Waals surface area contributed by atoms with Gasteiger partial charge in [-0.2, -0.15) is 9.78 Å². The van der Waals surface area contributed by atoms with Crippen LogP contribution in [0.1, 0.15) is 21.5 Å². The van der Waals surface area contributed by atoms with Crippen molar-refractivity contribution in [3.8, 4) is 22.7 Å². The van der Waals surface area contributed by atoms with E-state index in [1.807, 2.05) is 49.4 Å². The summed E-state index contributed by atoms with van der Waals surface area (Å²) in [6.45, 7) is 2.36. The van der Waals surface area contributed by atoms with E-state index in [1.165, 1.54) is 11.8 Å². The molecular weight excluding hydrogens is 382 g/mol. The Kier molecular flexibility index (Phi) is 5.10. The second-order valence-electron chi connectivity index (χ2n) is 6.97. The average Bonchev–Trinajstić information content (AvgIpc) is 3.09. The first-order valence-corrected chi connectivity index (χ1v) is 9.42. The number of carbonyl (C=O) groups excluding carboxylic acids is 1. The molecule has 2 aliphatic rings. The van der Waals surface area contributed by atoms with Gasteiger partial charge in [0.25, 0.3) is 5.56 Å². The molecule has 2 aromatic rings. The summed E-state index contributed by atoms with van der Waals surface area (Å²) in [7, 11) is 2.91. The Morgan fingerprint density at radius 1 is 1.07 bits per heavy atom. The summed E-state index contributed by atoms with van der Waals surface area (Å²) in [5.74, 6) is 0.172. The molecule has 0 saturated heterocycles. The molecule has 2 aliphatic heterocycles. The Balaban J connectivity index is 1.90. The SMILES string of the molecule is COC(=O)c1cn(Cc2ccccc2OC)cc2c(=O)n(-c3cccc(C)c3)nc1-2. The zero-order valence-electron chi connectivity index (χ0n) is 17.0. The van der Waals surface area contributed by atoms with Crippen molar-refractivity contribution in [3.05, 3.63) is 88.0 Å². The van der Waals surface area contributed by atoms with Crippen molar-refractivity contribution in [2.45, 2.75) is 13.5 Å². The van der Waals surface area contributed by atoms with E-state index in [4.69, 9.17) is 9.47 Å². The normalized spacial score (nSPS) is 10.9. The van der Waals surface area contributed by atoms with Gasteiger partial charge < -0.3 is 14.0 Å². The third kappa shape index (κ3) is 3.45. The fraction of sp³-hybridized carbons (Fsp3) is 0.174. The van der Waals surface area contributed by atoms with Gasteiger partial charge in [-0.15, -0.1) is 0 Å². The molecule has 0 spiro atoms. The fourth-order valence-electron chi connectivity index (χ4n) is 3.48. The summed E-state index contributed by atoms with van der Waals surface area (Å²) in [6, 6.07) is 15.1. The lowest BCUT2D eigenvalue weighted by atomic mass is 10.1. The first kappa shape index (κ1) is 19.4.